The van der Waals surface area contributed by atoms with Gasteiger partial charge in [0, 0.05) is 37.6 Å². The van der Waals surface area contributed by atoms with Crippen molar-refractivity contribution in [1.29, 1.82) is 0 Å². The van der Waals surface area contributed by atoms with Gasteiger partial charge in [0.05, 0.1) is 0 Å². The van der Waals surface area contributed by atoms with Crippen LogP contribution in [0.5, 0.6) is 0 Å². The molecule has 1 aromatic carbocycles. The molecule has 2 N–H and O–H groups in total. The van der Waals surface area contributed by atoms with Gasteiger partial charge in [-0.2, -0.15) is 4.98 Å². The Kier molecular flexibility index (Phi) is 6.97. The topological polar surface area (TPSA) is 78.9 Å². The molecule has 3 heterocycles. The zero-order valence-corrected chi connectivity index (χ0v) is 20.0. The van der Waals surface area contributed by atoms with Crippen molar-refractivity contribution < 1.29 is 0 Å². The quantitative estimate of drug-likeness (QED) is 0.230. The van der Waals surface area contributed by atoms with E-state index in [-0.39, 0.29) is 0 Å². The van der Waals surface area contributed by atoms with Crippen LogP contribution in [0.4, 0.5) is 11.8 Å². The lowest BCUT2D eigenvalue weighted by Gasteiger charge is -2.20. The number of rotatable bonds is 5. The van der Waals surface area contributed by atoms with Crippen LogP contribution in [0.3, 0.4) is 0 Å². The van der Waals surface area contributed by atoms with E-state index in [2.05, 4.69) is 49.8 Å². The molecule has 0 amide bonds. The number of nitrogens with zero attached hydrogens (tertiary/aromatic N) is 5. The molecule has 1 aliphatic carbocycles. The van der Waals surface area contributed by atoms with E-state index < -0.39 is 0 Å². The molecular weight excluding hydrogens is 450 g/mol. The maximum Gasteiger partial charge on any atom is 0.232 e. The third-order valence-electron chi connectivity index (χ3n) is 6.01. The summed E-state index contributed by atoms with van der Waals surface area (Å²) in [6.45, 7) is 1.65. The van der Waals surface area contributed by atoms with Crippen molar-refractivity contribution in [1.82, 2.24) is 25.3 Å². The Balaban J connectivity index is 1.36. The normalized spacial score (nSPS) is 16.2. The average molecular weight is 478 g/mol. The predicted octanol–water partition coefficient (Wildman–Crippen LogP) is 4.95. The van der Waals surface area contributed by atoms with Crippen molar-refractivity contribution in [2.75, 3.05) is 10.2 Å². The standard InChI is InChI=1S/C24H27N7S2/c32-23(27-19-10-3-1-2-4-11-19)30-22-28-20(31-15-17-8-5-6-9-18(17)16-31)14-21(29-22)33-24-25-12-7-13-26-24/h5-9,12-14,19H,1-4,10-11,15-16H2,(H2,27,28,29,30,32). The van der Waals surface area contributed by atoms with Gasteiger partial charge in [-0.25, -0.2) is 15.0 Å². The second kappa shape index (κ2) is 10.4. The summed E-state index contributed by atoms with van der Waals surface area (Å²) in [6, 6.07) is 12.7. The molecule has 3 aromatic rings. The lowest BCUT2D eigenvalue weighted by molar-refractivity contribution is 0.535. The van der Waals surface area contributed by atoms with Crippen LogP contribution in [-0.2, 0) is 13.1 Å². The summed E-state index contributed by atoms with van der Waals surface area (Å²) in [6.07, 6.45) is 10.9. The van der Waals surface area contributed by atoms with Crippen LogP contribution in [0, 0.1) is 0 Å². The first-order valence-electron chi connectivity index (χ1n) is 11.5. The Morgan fingerprint density at radius 2 is 1.64 bits per heavy atom. The van der Waals surface area contributed by atoms with E-state index in [4.69, 9.17) is 22.2 Å². The molecule has 33 heavy (non-hydrogen) atoms. The third kappa shape index (κ3) is 5.78. The second-order valence-electron chi connectivity index (χ2n) is 8.43. The molecule has 5 rings (SSSR count). The minimum Gasteiger partial charge on any atom is -0.360 e. The monoisotopic (exact) mass is 477 g/mol. The molecular formula is C24H27N7S2. The van der Waals surface area contributed by atoms with Gasteiger partial charge in [0.25, 0.3) is 0 Å². The average Bonchev–Trinajstić information content (AvgIpc) is 3.10. The number of fused-ring (bicyclic) bond motifs is 1. The molecule has 1 fully saturated rings. The van der Waals surface area contributed by atoms with Crippen LogP contribution >= 0.6 is 24.0 Å². The van der Waals surface area contributed by atoms with Crippen molar-refractivity contribution in [2.24, 2.45) is 0 Å². The number of benzene rings is 1. The molecule has 9 heteroatoms. The van der Waals surface area contributed by atoms with Crippen LogP contribution in [0.15, 0.2) is 59.0 Å². The van der Waals surface area contributed by atoms with E-state index in [0.717, 1.165) is 36.8 Å². The number of hydrogen-bond donors (Lipinski definition) is 2. The first kappa shape index (κ1) is 22.0. The summed E-state index contributed by atoms with van der Waals surface area (Å²) < 4.78 is 0. The summed E-state index contributed by atoms with van der Waals surface area (Å²) in [5.41, 5.74) is 2.66. The Labute approximate surface area is 203 Å². The van der Waals surface area contributed by atoms with E-state index in [1.54, 1.807) is 12.4 Å². The lowest BCUT2D eigenvalue weighted by atomic mass is 10.1. The first-order valence-corrected chi connectivity index (χ1v) is 12.7. The number of nitrogens with one attached hydrogen (secondary N) is 2. The Morgan fingerprint density at radius 3 is 2.33 bits per heavy atom. The number of anilines is 2. The lowest BCUT2D eigenvalue weighted by Crippen LogP contribution is -2.37. The van der Waals surface area contributed by atoms with Gasteiger partial charge in [-0.15, -0.1) is 0 Å². The third-order valence-corrected chi connectivity index (χ3v) is 7.04. The molecule has 2 aromatic heterocycles. The molecule has 2 aliphatic rings. The second-order valence-corrected chi connectivity index (χ2v) is 9.83. The summed E-state index contributed by atoms with van der Waals surface area (Å²) in [4.78, 5) is 20.4. The van der Waals surface area contributed by atoms with Gasteiger partial charge in [-0.1, -0.05) is 49.9 Å². The Hall–Kier alpha value is -2.78. The van der Waals surface area contributed by atoms with Crippen LogP contribution in [0.2, 0.25) is 0 Å². The van der Waals surface area contributed by atoms with Crippen molar-refractivity contribution in [2.45, 2.75) is 67.8 Å². The first-order chi connectivity index (χ1) is 16.2. The van der Waals surface area contributed by atoms with Crippen LogP contribution in [0.25, 0.3) is 0 Å². The Morgan fingerprint density at radius 1 is 0.939 bits per heavy atom. The fourth-order valence-corrected chi connectivity index (χ4v) is 5.33. The zero-order chi connectivity index (χ0) is 22.5. The Bertz CT molecular complexity index is 1080. The highest BCUT2D eigenvalue weighted by atomic mass is 32.2. The highest BCUT2D eigenvalue weighted by Crippen LogP contribution is 2.31. The van der Waals surface area contributed by atoms with Crippen molar-refractivity contribution in [3.05, 3.63) is 59.9 Å². The summed E-state index contributed by atoms with van der Waals surface area (Å²) in [5.74, 6) is 1.35. The van der Waals surface area contributed by atoms with E-state index in [9.17, 15) is 0 Å². The van der Waals surface area contributed by atoms with Crippen LogP contribution in [0.1, 0.15) is 49.7 Å². The summed E-state index contributed by atoms with van der Waals surface area (Å²) >= 11 is 7.04. The van der Waals surface area contributed by atoms with Gasteiger partial charge in [0.15, 0.2) is 10.3 Å². The van der Waals surface area contributed by atoms with Crippen LogP contribution < -0.4 is 15.5 Å². The zero-order valence-electron chi connectivity index (χ0n) is 18.4. The molecule has 170 valence electrons. The van der Waals surface area contributed by atoms with E-state index in [1.165, 1.54) is 48.6 Å². The van der Waals surface area contributed by atoms with Crippen molar-refractivity contribution in [3.8, 4) is 0 Å². The molecule has 1 aliphatic heterocycles. The smallest absolute Gasteiger partial charge is 0.232 e. The SMILES string of the molecule is S=C(Nc1nc(Sc2ncccn2)cc(N2Cc3ccccc3C2)n1)NC1CCCCCC1. The molecule has 7 nitrogen and oxygen atoms in total. The maximum absolute atomic E-state index is 5.62. The van der Waals surface area contributed by atoms with Gasteiger partial charge < -0.3 is 15.5 Å². The van der Waals surface area contributed by atoms with E-state index in [1.807, 2.05) is 12.1 Å². The molecule has 0 bridgehead atoms. The highest BCUT2D eigenvalue weighted by Gasteiger charge is 2.22. The van der Waals surface area contributed by atoms with E-state index in [0.29, 0.717) is 22.3 Å². The molecule has 0 unspecified atom stereocenters. The fraction of sp³-hybridized carbons (Fsp3) is 0.375. The molecule has 1 saturated carbocycles. The molecule has 0 saturated heterocycles. The minimum atomic E-state index is 0.412. The van der Waals surface area contributed by atoms with E-state index >= 15 is 0 Å². The number of aromatic nitrogens is 4. The van der Waals surface area contributed by atoms with Gasteiger partial charge in [0.1, 0.15) is 10.8 Å². The van der Waals surface area contributed by atoms with Gasteiger partial charge in [-0.05, 0) is 54.0 Å². The largest absolute Gasteiger partial charge is 0.360 e. The van der Waals surface area contributed by atoms with Gasteiger partial charge in [-0.3, -0.25) is 0 Å². The molecule has 0 spiro atoms. The summed E-state index contributed by atoms with van der Waals surface area (Å²) in [7, 11) is 0. The maximum atomic E-state index is 5.62. The van der Waals surface area contributed by atoms with Crippen LogP contribution in [-0.4, -0.2) is 31.1 Å². The molecule has 0 radical (unpaired) electrons. The van der Waals surface area contributed by atoms with Gasteiger partial charge in [0.2, 0.25) is 5.95 Å². The highest BCUT2D eigenvalue weighted by molar-refractivity contribution is 7.99. The number of thiocarbonyl (C=S) groups is 1. The number of hydrogen-bond acceptors (Lipinski definition) is 7. The predicted molar refractivity (Wildman–Crippen MR) is 135 cm³/mol. The minimum absolute atomic E-state index is 0.412. The molecule has 0 atom stereocenters. The summed E-state index contributed by atoms with van der Waals surface area (Å²) in [5, 5.41) is 8.72. The fourth-order valence-electron chi connectivity index (χ4n) is 4.36. The van der Waals surface area contributed by atoms with Crippen molar-refractivity contribution in [3.63, 3.8) is 0 Å². The van der Waals surface area contributed by atoms with Gasteiger partial charge >= 0.3 is 0 Å². The van der Waals surface area contributed by atoms with Crippen molar-refractivity contribution >= 4 is 40.9 Å².